The Balaban J connectivity index is 1.37. The van der Waals surface area contributed by atoms with Crippen LogP contribution >= 0.6 is 11.8 Å². The summed E-state index contributed by atoms with van der Waals surface area (Å²) in [6.07, 6.45) is 1.60. The average Bonchev–Trinajstić information content (AvgIpc) is 3.11. The topological polar surface area (TPSA) is 106 Å². The quantitative estimate of drug-likeness (QED) is 0.0956. The lowest BCUT2D eigenvalue weighted by atomic mass is 10.1. The molecule has 0 aliphatic rings. The normalized spacial score (nSPS) is 11.6. The van der Waals surface area contributed by atoms with Gasteiger partial charge in [0.05, 0.1) is 14.2 Å². The van der Waals surface area contributed by atoms with E-state index in [0.29, 0.717) is 34.0 Å². The van der Waals surface area contributed by atoms with Gasteiger partial charge < -0.3 is 25.4 Å². The molecule has 236 valence electrons. The molecule has 0 saturated carbocycles. The second-order valence-corrected chi connectivity index (χ2v) is 11.4. The summed E-state index contributed by atoms with van der Waals surface area (Å²) >= 11 is 1.35. The zero-order chi connectivity index (χ0) is 33.0. The SMILES string of the molecule is COc1ccc(/C=C(/NC(=O)c2ccccc2)C(=O)Nc2cccc(SC(C(=O)Nc3cccc(OC)c3)c3ccccc3)c2)cc1. The van der Waals surface area contributed by atoms with E-state index in [-0.39, 0.29) is 11.6 Å². The van der Waals surface area contributed by atoms with Crippen molar-refractivity contribution in [2.24, 2.45) is 0 Å². The van der Waals surface area contributed by atoms with Crippen molar-refractivity contribution in [3.63, 3.8) is 0 Å². The minimum absolute atomic E-state index is 0.0573. The van der Waals surface area contributed by atoms with Crippen LogP contribution in [-0.2, 0) is 9.59 Å². The molecule has 8 nitrogen and oxygen atoms in total. The van der Waals surface area contributed by atoms with E-state index in [1.807, 2.05) is 54.6 Å². The van der Waals surface area contributed by atoms with Crippen LogP contribution in [0.1, 0.15) is 26.7 Å². The molecule has 1 unspecified atom stereocenters. The van der Waals surface area contributed by atoms with Gasteiger partial charge in [-0.05, 0) is 71.8 Å². The van der Waals surface area contributed by atoms with Gasteiger partial charge in [0.25, 0.3) is 11.8 Å². The zero-order valence-electron chi connectivity index (χ0n) is 25.8. The van der Waals surface area contributed by atoms with E-state index in [1.54, 1.807) is 99.2 Å². The molecule has 5 rings (SSSR count). The predicted molar refractivity (Wildman–Crippen MR) is 187 cm³/mol. The van der Waals surface area contributed by atoms with Crippen molar-refractivity contribution in [3.05, 3.63) is 156 Å². The van der Waals surface area contributed by atoms with E-state index in [0.717, 1.165) is 10.5 Å². The lowest BCUT2D eigenvalue weighted by molar-refractivity contribution is -0.116. The second kappa shape index (κ2) is 16.0. The van der Waals surface area contributed by atoms with E-state index in [9.17, 15) is 14.4 Å². The molecule has 3 amide bonds. The van der Waals surface area contributed by atoms with Crippen molar-refractivity contribution >= 4 is 46.9 Å². The molecule has 0 saturated heterocycles. The lowest BCUT2D eigenvalue weighted by Gasteiger charge is -2.18. The molecule has 0 bridgehead atoms. The molecular weight excluding hydrogens is 611 g/mol. The molecule has 5 aromatic carbocycles. The number of thioether (sulfide) groups is 1. The molecular formula is C38H33N3O5S. The molecule has 0 radical (unpaired) electrons. The monoisotopic (exact) mass is 643 g/mol. The van der Waals surface area contributed by atoms with Crippen LogP contribution in [0.2, 0.25) is 0 Å². The molecule has 47 heavy (non-hydrogen) atoms. The zero-order valence-corrected chi connectivity index (χ0v) is 26.6. The fraction of sp³-hybridized carbons (Fsp3) is 0.0789. The minimum Gasteiger partial charge on any atom is -0.497 e. The van der Waals surface area contributed by atoms with Gasteiger partial charge in [0.1, 0.15) is 22.4 Å². The van der Waals surface area contributed by atoms with Crippen LogP contribution in [0.4, 0.5) is 11.4 Å². The van der Waals surface area contributed by atoms with Crippen molar-refractivity contribution in [2.75, 3.05) is 24.9 Å². The number of rotatable bonds is 12. The Bertz CT molecular complexity index is 1860. The number of nitrogens with one attached hydrogen (secondary N) is 3. The van der Waals surface area contributed by atoms with Crippen LogP contribution in [-0.4, -0.2) is 31.9 Å². The fourth-order valence-electron chi connectivity index (χ4n) is 4.60. The Hall–Kier alpha value is -5.80. The molecule has 3 N–H and O–H groups in total. The van der Waals surface area contributed by atoms with Crippen molar-refractivity contribution in [1.29, 1.82) is 0 Å². The Morgan fingerprint density at radius 3 is 1.98 bits per heavy atom. The Morgan fingerprint density at radius 1 is 0.660 bits per heavy atom. The summed E-state index contributed by atoms with van der Waals surface area (Å²) in [4.78, 5) is 41.0. The van der Waals surface area contributed by atoms with E-state index in [2.05, 4.69) is 16.0 Å². The van der Waals surface area contributed by atoms with E-state index in [4.69, 9.17) is 9.47 Å². The van der Waals surface area contributed by atoms with Crippen LogP contribution < -0.4 is 25.4 Å². The number of amides is 3. The summed E-state index contributed by atoms with van der Waals surface area (Å²) in [7, 11) is 3.15. The third-order valence-electron chi connectivity index (χ3n) is 6.98. The van der Waals surface area contributed by atoms with Gasteiger partial charge >= 0.3 is 0 Å². The molecule has 0 aliphatic heterocycles. The maximum absolute atomic E-state index is 13.6. The molecule has 0 aromatic heterocycles. The smallest absolute Gasteiger partial charge is 0.272 e. The number of carbonyl (C=O) groups excluding carboxylic acids is 3. The summed E-state index contributed by atoms with van der Waals surface area (Å²) in [5.41, 5.74) is 3.10. The van der Waals surface area contributed by atoms with Crippen molar-refractivity contribution in [1.82, 2.24) is 5.32 Å². The highest BCUT2D eigenvalue weighted by Crippen LogP contribution is 2.37. The molecule has 1 atom stereocenters. The number of hydrogen-bond acceptors (Lipinski definition) is 6. The Kier molecular flexibility index (Phi) is 11.1. The van der Waals surface area contributed by atoms with Gasteiger partial charge in [-0.25, -0.2) is 0 Å². The number of ether oxygens (including phenoxy) is 2. The van der Waals surface area contributed by atoms with Crippen LogP contribution in [0.3, 0.4) is 0 Å². The Labute approximate surface area is 277 Å². The summed E-state index contributed by atoms with van der Waals surface area (Å²) in [5.74, 6) is 0.162. The largest absolute Gasteiger partial charge is 0.497 e. The number of methoxy groups -OCH3 is 2. The van der Waals surface area contributed by atoms with Gasteiger partial charge in [-0.15, -0.1) is 11.8 Å². The van der Waals surface area contributed by atoms with Crippen molar-refractivity contribution in [2.45, 2.75) is 10.1 Å². The molecule has 0 aliphatic carbocycles. The maximum atomic E-state index is 13.6. The molecule has 5 aromatic rings. The second-order valence-electron chi connectivity index (χ2n) is 10.3. The summed E-state index contributed by atoms with van der Waals surface area (Å²) < 4.78 is 10.5. The first kappa shape index (κ1) is 32.6. The number of anilines is 2. The minimum atomic E-state index is -0.593. The van der Waals surface area contributed by atoms with Gasteiger partial charge in [0, 0.05) is 27.9 Å². The molecule has 0 spiro atoms. The van der Waals surface area contributed by atoms with Gasteiger partial charge in [0.15, 0.2) is 0 Å². The number of hydrogen-bond donors (Lipinski definition) is 3. The average molecular weight is 644 g/mol. The third-order valence-corrected chi connectivity index (χ3v) is 8.23. The highest BCUT2D eigenvalue weighted by Gasteiger charge is 2.23. The standard InChI is InChI=1S/C38H33N3O5S/c1-45-31-21-19-26(20-22-31)23-34(41-36(42)28-13-7-4-8-14-28)37(43)39-30-16-10-18-33(25-30)47-35(27-11-5-3-6-12-27)38(44)40-29-15-9-17-32(24-29)46-2/h3-25,35H,1-2H3,(H,39,43)(H,40,44)(H,41,42)/b34-23+. The van der Waals surface area contributed by atoms with Crippen LogP contribution in [0, 0.1) is 0 Å². The molecule has 0 heterocycles. The highest BCUT2D eigenvalue weighted by atomic mass is 32.2. The third kappa shape index (κ3) is 9.12. The summed E-state index contributed by atoms with van der Waals surface area (Å²) in [5, 5.41) is 8.06. The number of carbonyl (C=O) groups is 3. The Morgan fingerprint density at radius 2 is 1.30 bits per heavy atom. The lowest BCUT2D eigenvalue weighted by Crippen LogP contribution is -2.30. The van der Waals surface area contributed by atoms with Gasteiger partial charge in [0.2, 0.25) is 5.91 Å². The van der Waals surface area contributed by atoms with E-state index in [1.165, 1.54) is 11.8 Å². The van der Waals surface area contributed by atoms with Gasteiger partial charge in [-0.2, -0.15) is 0 Å². The summed E-state index contributed by atoms with van der Waals surface area (Å²) in [6, 6.07) is 39.7. The predicted octanol–water partition coefficient (Wildman–Crippen LogP) is 7.59. The van der Waals surface area contributed by atoms with Crippen molar-refractivity contribution < 1.29 is 23.9 Å². The number of benzene rings is 5. The fourth-order valence-corrected chi connectivity index (χ4v) is 5.68. The maximum Gasteiger partial charge on any atom is 0.272 e. The first-order valence-corrected chi connectivity index (χ1v) is 15.6. The molecule has 9 heteroatoms. The first-order valence-electron chi connectivity index (χ1n) is 14.7. The van der Waals surface area contributed by atoms with Crippen LogP contribution in [0.5, 0.6) is 11.5 Å². The van der Waals surface area contributed by atoms with Gasteiger partial charge in [-0.3, -0.25) is 14.4 Å². The van der Waals surface area contributed by atoms with Crippen molar-refractivity contribution in [3.8, 4) is 11.5 Å². The van der Waals surface area contributed by atoms with Gasteiger partial charge in [-0.1, -0.05) is 72.8 Å². The molecule has 0 fully saturated rings. The van der Waals surface area contributed by atoms with Crippen LogP contribution in [0.15, 0.2) is 144 Å². The highest BCUT2D eigenvalue weighted by molar-refractivity contribution is 8.00. The van der Waals surface area contributed by atoms with E-state index >= 15 is 0 Å². The first-order chi connectivity index (χ1) is 22.9. The van der Waals surface area contributed by atoms with E-state index < -0.39 is 17.1 Å². The van der Waals surface area contributed by atoms with Crippen LogP contribution in [0.25, 0.3) is 6.08 Å². The summed E-state index contributed by atoms with van der Waals surface area (Å²) in [6.45, 7) is 0.